The predicted octanol–water partition coefficient (Wildman–Crippen LogP) is 3.63. The Morgan fingerprint density at radius 3 is 2.20 bits per heavy atom. The summed E-state index contributed by atoms with van der Waals surface area (Å²) in [6, 6.07) is 2.52. The van der Waals surface area contributed by atoms with Crippen molar-refractivity contribution >= 4 is 11.6 Å². The van der Waals surface area contributed by atoms with Gasteiger partial charge in [-0.3, -0.25) is 0 Å². The summed E-state index contributed by atoms with van der Waals surface area (Å²) in [5.41, 5.74) is 0.631. The Balaban J connectivity index is 1.82. The van der Waals surface area contributed by atoms with Gasteiger partial charge >= 0.3 is 0 Å². The van der Waals surface area contributed by atoms with E-state index in [1.54, 1.807) is 0 Å². The summed E-state index contributed by atoms with van der Waals surface area (Å²) in [5.74, 6) is 3.50. The Labute approximate surface area is 121 Å². The topological polar surface area (TPSA) is 49.8 Å². The SMILES string of the molecule is CCNc1cc(NC2C(C)(C)C2(C)C)nc(C2CC2)n1. The van der Waals surface area contributed by atoms with Gasteiger partial charge in [-0.2, -0.15) is 0 Å². The van der Waals surface area contributed by atoms with Crippen LogP contribution in [0, 0.1) is 10.8 Å². The summed E-state index contributed by atoms with van der Waals surface area (Å²) in [4.78, 5) is 9.35. The Morgan fingerprint density at radius 1 is 1.10 bits per heavy atom. The molecule has 0 amide bonds. The van der Waals surface area contributed by atoms with Gasteiger partial charge in [0, 0.05) is 24.6 Å². The third kappa shape index (κ3) is 2.15. The van der Waals surface area contributed by atoms with Crippen LogP contribution < -0.4 is 10.6 Å². The Morgan fingerprint density at radius 2 is 1.70 bits per heavy atom. The van der Waals surface area contributed by atoms with Crippen molar-refractivity contribution in [3.05, 3.63) is 11.9 Å². The Kier molecular flexibility index (Phi) is 2.96. The second-order valence-corrected chi connectivity index (χ2v) is 7.32. The van der Waals surface area contributed by atoms with Crippen LogP contribution in [-0.4, -0.2) is 22.6 Å². The molecule has 0 atom stereocenters. The summed E-state index contributed by atoms with van der Waals surface area (Å²) in [7, 11) is 0. The monoisotopic (exact) mass is 274 g/mol. The number of rotatable bonds is 5. The van der Waals surface area contributed by atoms with Crippen LogP contribution in [-0.2, 0) is 0 Å². The molecule has 1 heterocycles. The van der Waals surface area contributed by atoms with E-state index in [2.05, 4.69) is 50.2 Å². The summed E-state index contributed by atoms with van der Waals surface area (Å²) < 4.78 is 0. The number of anilines is 2. The first-order valence-electron chi connectivity index (χ1n) is 7.75. The van der Waals surface area contributed by atoms with Crippen molar-refractivity contribution < 1.29 is 0 Å². The van der Waals surface area contributed by atoms with Crippen LogP contribution in [0.15, 0.2) is 6.07 Å². The van der Waals surface area contributed by atoms with Crippen molar-refractivity contribution in [1.29, 1.82) is 0 Å². The van der Waals surface area contributed by atoms with E-state index in [-0.39, 0.29) is 0 Å². The molecule has 0 spiro atoms. The molecule has 4 heteroatoms. The van der Waals surface area contributed by atoms with E-state index in [1.807, 2.05) is 6.07 Å². The highest BCUT2D eigenvalue weighted by molar-refractivity contribution is 5.51. The van der Waals surface area contributed by atoms with E-state index in [9.17, 15) is 0 Å². The molecular weight excluding hydrogens is 248 g/mol. The minimum Gasteiger partial charge on any atom is -0.370 e. The molecule has 4 nitrogen and oxygen atoms in total. The van der Waals surface area contributed by atoms with Gasteiger partial charge in [0.1, 0.15) is 17.5 Å². The van der Waals surface area contributed by atoms with E-state index in [0.29, 0.717) is 22.8 Å². The zero-order valence-electron chi connectivity index (χ0n) is 13.2. The molecule has 2 saturated carbocycles. The van der Waals surface area contributed by atoms with E-state index in [0.717, 1.165) is 24.0 Å². The number of nitrogens with one attached hydrogen (secondary N) is 2. The highest BCUT2D eigenvalue weighted by Crippen LogP contribution is 2.63. The molecular formula is C16H26N4. The first kappa shape index (κ1) is 13.7. The molecule has 2 fully saturated rings. The smallest absolute Gasteiger partial charge is 0.136 e. The van der Waals surface area contributed by atoms with Crippen molar-refractivity contribution in [1.82, 2.24) is 9.97 Å². The zero-order valence-corrected chi connectivity index (χ0v) is 13.2. The normalized spacial score (nSPS) is 23.4. The molecule has 2 aliphatic carbocycles. The van der Waals surface area contributed by atoms with Gasteiger partial charge < -0.3 is 10.6 Å². The third-order valence-corrected chi connectivity index (χ3v) is 5.36. The van der Waals surface area contributed by atoms with Crippen molar-refractivity contribution in [2.75, 3.05) is 17.2 Å². The van der Waals surface area contributed by atoms with Crippen LogP contribution in [0.2, 0.25) is 0 Å². The molecule has 0 unspecified atom stereocenters. The highest BCUT2D eigenvalue weighted by Gasteiger charge is 2.65. The average Bonchev–Trinajstić information content (AvgIpc) is 3.25. The number of nitrogens with zero attached hydrogens (tertiary/aromatic N) is 2. The number of hydrogen-bond donors (Lipinski definition) is 2. The van der Waals surface area contributed by atoms with E-state index >= 15 is 0 Å². The molecule has 0 bridgehead atoms. The van der Waals surface area contributed by atoms with Crippen LogP contribution in [0.25, 0.3) is 0 Å². The van der Waals surface area contributed by atoms with Crippen LogP contribution in [0.1, 0.15) is 59.2 Å². The third-order valence-electron chi connectivity index (χ3n) is 5.36. The lowest BCUT2D eigenvalue weighted by molar-refractivity contribution is 0.457. The molecule has 0 aromatic carbocycles. The van der Waals surface area contributed by atoms with Crippen LogP contribution in [0.5, 0.6) is 0 Å². The van der Waals surface area contributed by atoms with Gasteiger partial charge in [-0.15, -0.1) is 0 Å². The highest BCUT2D eigenvalue weighted by atomic mass is 15.1. The largest absolute Gasteiger partial charge is 0.370 e. The minimum atomic E-state index is 0.316. The van der Waals surface area contributed by atoms with Gasteiger partial charge in [-0.1, -0.05) is 27.7 Å². The fourth-order valence-electron chi connectivity index (χ4n) is 3.04. The molecule has 2 N–H and O–H groups in total. The quantitative estimate of drug-likeness (QED) is 0.861. The number of aromatic nitrogens is 2. The molecule has 1 aromatic heterocycles. The van der Waals surface area contributed by atoms with Gasteiger partial charge in [-0.05, 0) is 30.6 Å². The van der Waals surface area contributed by atoms with Crippen molar-refractivity contribution in [2.45, 2.75) is 59.4 Å². The Hall–Kier alpha value is -1.32. The first-order chi connectivity index (χ1) is 9.36. The fraction of sp³-hybridized carbons (Fsp3) is 0.750. The molecule has 2 aliphatic rings. The van der Waals surface area contributed by atoms with Crippen LogP contribution >= 0.6 is 0 Å². The maximum absolute atomic E-state index is 4.73. The average molecular weight is 274 g/mol. The molecule has 20 heavy (non-hydrogen) atoms. The van der Waals surface area contributed by atoms with Gasteiger partial charge in [0.2, 0.25) is 0 Å². The Bertz CT molecular complexity index is 503. The van der Waals surface area contributed by atoms with Crippen LogP contribution in [0.3, 0.4) is 0 Å². The van der Waals surface area contributed by atoms with E-state index in [4.69, 9.17) is 4.98 Å². The molecule has 0 saturated heterocycles. The number of hydrogen-bond acceptors (Lipinski definition) is 4. The summed E-state index contributed by atoms with van der Waals surface area (Å²) in [5, 5.41) is 6.94. The predicted molar refractivity (Wildman–Crippen MR) is 83.1 cm³/mol. The molecule has 0 radical (unpaired) electrons. The van der Waals surface area contributed by atoms with Crippen LogP contribution in [0.4, 0.5) is 11.6 Å². The van der Waals surface area contributed by atoms with Crippen molar-refractivity contribution in [3.8, 4) is 0 Å². The summed E-state index contributed by atoms with van der Waals surface area (Å²) in [6.07, 6.45) is 2.46. The van der Waals surface area contributed by atoms with Gasteiger partial charge in [0.25, 0.3) is 0 Å². The lowest BCUT2D eigenvalue weighted by Crippen LogP contribution is -2.13. The maximum atomic E-state index is 4.73. The molecule has 1 aromatic rings. The first-order valence-corrected chi connectivity index (χ1v) is 7.75. The lowest BCUT2D eigenvalue weighted by Gasteiger charge is -2.11. The fourth-order valence-corrected chi connectivity index (χ4v) is 3.04. The zero-order chi connectivity index (χ0) is 14.5. The second-order valence-electron chi connectivity index (χ2n) is 7.32. The minimum absolute atomic E-state index is 0.316. The lowest BCUT2D eigenvalue weighted by atomic mass is 10.0. The molecule has 0 aliphatic heterocycles. The molecule has 3 rings (SSSR count). The van der Waals surface area contributed by atoms with E-state index in [1.165, 1.54) is 12.8 Å². The standard InChI is InChI=1S/C16H26N4/c1-6-17-11-9-12(19-13(18-11)10-7-8-10)20-14-15(2,3)16(14,4)5/h9-10,14H,6-8H2,1-5H3,(H2,17,18,19,20). The maximum Gasteiger partial charge on any atom is 0.136 e. The van der Waals surface area contributed by atoms with Crippen molar-refractivity contribution in [2.24, 2.45) is 10.8 Å². The van der Waals surface area contributed by atoms with Crippen molar-refractivity contribution in [3.63, 3.8) is 0 Å². The molecule has 110 valence electrons. The summed E-state index contributed by atoms with van der Waals surface area (Å²) in [6.45, 7) is 12.3. The second kappa shape index (κ2) is 4.34. The van der Waals surface area contributed by atoms with Gasteiger partial charge in [0.05, 0.1) is 0 Å². The van der Waals surface area contributed by atoms with E-state index < -0.39 is 0 Å². The van der Waals surface area contributed by atoms with Gasteiger partial charge in [0.15, 0.2) is 0 Å². The summed E-state index contributed by atoms with van der Waals surface area (Å²) >= 11 is 0. The van der Waals surface area contributed by atoms with Gasteiger partial charge in [-0.25, -0.2) is 9.97 Å².